The first-order valence-corrected chi connectivity index (χ1v) is 11.8. The van der Waals surface area contributed by atoms with Crippen molar-refractivity contribution in [2.45, 2.75) is 32.4 Å². The molecule has 1 amide bonds. The summed E-state index contributed by atoms with van der Waals surface area (Å²) in [4.78, 5) is 19.5. The van der Waals surface area contributed by atoms with E-state index in [1.165, 1.54) is 0 Å². The molecule has 8 nitrogen and oxygen atoms in total. The first-order valence-electron chi connectivity index (χ1n) is 11.4. The van der Waals surface area contributed by atoms with Gasteiger partial charge in [0, 0.05) is 12.1 Å². The Morgan fingerprint density at radius 3 is 2.79 bits per heavy atom. The second-order valence-corrected chi connectivity index (χ2v) is 8.84. The number of nitrogens with one attached hydrogen (secondary N) is 1. The molecule has 34 heavy (non-hydrogen) atoms. The van der Waals surface area contributed by atoms with Crippen LogP contribution in [-0.2, 0) is 11.3 Å². The summed E-state index contributed by atoms with van der Waals surface area (Å²) < 4.78 is 16.6. The van der Waals surface area contributed by atoms with Crippen LogP contribution in [0.15, 0.2) is 53.1 Å². The van der Waals surface area contributed by atoms with Crippen molar-refractivity contribution in [1.29, 1.82) is 0 Å². The Morgan fingerprint density at radius 1 is 1.24 bits per heavy atom. The molecule has 180 valence electrons. The lowest BCUT2D eigenvalue weighted by Crippen LogP contribution is -2.46. The van der Waals surface area contributed by atoms with E-state index in [9.17, 15) is 4.79 Å². The maximum Gasteiger partial charge on any atom is 0.241 e. The Hall–Kier alpha value is -3.10. The number of likely N-dealkylation sites (tertiary alicyclic amines) is 1. The summed E-state index contributed by atoms with van der Waals surface area (Å²) in [5, 5.41) is 7.72. The van der Waals surface area contributed by atoms with Gasteiger partial charge in [-0.25, -0.2) is 0 Å². The zero-order chi connectivity index (χ0) is 23.9. The number of piperidine rings is 1. The normalized spacial score (nSPS) is 17.2. The summed E-state index contributed by atoms with van der Waals surface area (Å²) in [7, 11) is 1.61. The average molecular weight is 485 g/mol. The number of hydrogen-bond donors (Lipinski definition) is 1. The quantitative estimate of drug-likeness (QED) is 0.487. The summed E-state index contributed by atoms with van der Waals surface area (Å²) in [5.41, 5.74) is 0.736. The molecule has 1 fully saturated rings. The number of benzene rings is 2. The Labute approximate surface area is 204 Å². The predicted octanol–water partition coefficient (Wildman–Crippen LogP) is 4.19. The van der Waals surface area contributed by atoms with E-state index in [4.69, 9.17) is 25.6 Å². The highest BCUT2D eigenvalue weighted by molar-refractivity contribution is 6.33. The average Bonchev–Trinajstić information content (AvgIpc) is 3.31. The van der Waals surface area contributed by atoms with Crippen molar-refractivity contribution in [1.82, 2.24) is 20.4 Å². The number of rotatable bonds is 9. The van der Waals surface area contributed by atoms with Gasteiger partial charge in [-0.2, -0.15) is 4.98 Å². The molecule has 1 aliphatic heterocycles. The summed E-state index contributed by atoms with van der Waals surface area (Å²) in [5.74, 6) is 2.23. The maximum absolute atomic E-state index is 12.9. The smallest absolute Gasteiger partial charge is 0.241 e. The van der Waals surface area contributed by atoms with Crippen LogP contribution in [0.4, 0.5) is 0 Å². The van der Waals surface area contributed by atoms with Gasteiger partial charge in [0.05, 0.1) is 30.6 Å². The largest absolute Gasteiger partial charge is 0.493 e. The molecule has 1 aliphatic rings. The molecule has 1 N–H and O–H groups in total. The highest BCUT2D eigenvalue weighted by atomic mass is 35.5. The van der Waals surface area contributed by atoms with Crippen molar-refractivity contribution in [3.05, 3.63) is 59.4 Å². The van der Waals surface area contributed by atoms with E-state index in [0.717, 1.165) is 24.9 Å². The fourth-order valence-corrected chi connectivity index (χ4v) is 4.25. The number of nitrogens with zero attached hydrogens (tertiary/aromatic N) is 3. The van der Waals surface area contributed by atoms with Crippen molar-refractivity contribution in [2.75, 3.05) is 26.8 Å². The zero-order valence-electron chi connectivity index (χ0n) is 19.4. The Morgan fingerprint density at radius 2 is 2.00 bits per heavy atom. The molecule has 2 atom stereocenters. The number of halogens is 1. The van der Waals surface area contributed by atoms with Crippen molar-refractivity contribution in [3.63, 3.8) is 0 Å². The van der Waals surface area contributed by atoms with Gasteiger partial charge >= 0.3 is 0 Å². The zero-order valence-corrected chi connectivity index (χ0v) is 20.1. The highest BCUT2D eigenvalue weighted by Crippen LogP contribution is 2.27. The van der Waals surface area contributed by atoms with Crippen LogP contribution in [0, 0.1) is 5.92 Å². The van der Waals surface area contributed by atoms with Gasteiger partial charge in [-0.15, -0.1) is 0 Å². The topological polar surface area (TPSA) is 89.7 Å². The maximum atomic E-state index is 12.9. The molecule has 2 unspecified atom stereocenters. The number of hydrogen-bond acceptors (Lipinski definition) is 7. The van der Waals surface area contributed by atoms with Crippen LogP contribution in [0.5, 0.6) is 11.5 Å². The molecule has 1 saturated heterocycles. The molecular weight excluding hydrogens is 456 g/mol. The molecule has 2 heterocycles. The number of para-hydroxylation sites is 2. The lowest BCUT2D eigenvalue weighted by molar-refractivity contribution is -0.127. The van der Waals surface area contributed by atoms with Gasteiger partial charge in [0.1, 0.15) is 6.61 Å². The first-order chi connectivity index (χ1) is 16.5. The van der Waals surface area contributed by atoms with Crippen LogP contribution < -0.4 is 14.8 Å². The van der Waals surface area contributed by atoms with E-state index in [1.54, 1.807) is 13.2 Å². The lowest BCUT2D eigenvalue weighted by Gasteiger charge is -2.31. The van der Waals surface area contributed by atoms with E-state index >= 15 is 0 Å². The van der Waals surface area contributed by atoms with Gasteiger partial charge in [-0.1, -0.05) is 41.0 Å². The molecule has 0 bridgehead atoms. The van der Waals surface area contributed by atoms with Gasteiger partial charge in [-0.05, 0) is 50.6 Å². The van der Waals surface area contributed by atoms with Crippen LogP contribution in [0.25, 0.3) is 11.4 Å². The minimum Gasteiger partial charge on any atom is -0.493 e. The molecule has 0 radical (unpaired) electrons. The highest BCUT2D eigenvalue weighted by Gasteiger charge is 2.28. The summed E-state index contributed by atoms with van der Waals surface area (Å²) >= 11 is 6.24. The van der Waals surface area contributed by atoms with Crippen LogP contribution in [0.3, 0.4) is 0 Å². The number of aromatic nitrogens is 2. The molecule has 3 aromatic rings. The van der Waals surface area contributed by atoms with E-state index < -0.39 is 0 Å². The van der Waals surface area contributed by atoms with Gasteiger partial charge in [0.15, 0.2) is 11.5 Å². The molecule has 4 rings (SSSR count). The molecule has 9 heteroatoms. The number of amides is 1. The van der Waals surface area contributed by atoms with E-state index in [-0.39, 0.29) is 17.9 Å². The fourth-order valence-electron chi connectivity index (χ4n) is 4.03. The Kier molecular flexibility index (Phi) is 8.03. The molecule has 0 spiro atoms. The van der Waals surface area contributed by atoms with Crippen LogP contribution in [0.2, 0.25) is 5.02 Å². The van der Waals surface area contributed by atoms with Crippen LogP contribution >= 0.6 is 11.6 Å². The van der Waals surface area contributed by atoms with Gasteiger partial charge < -0.3 is 19.3 Å². The van der Waals surface area contributed by atoms with Crippen molar-refractivity contribution >= 4 is 17.5 Å². The van der Waals surface area contributed by atoms with Crippen LogP contribution in [-0.4, -0.2) is 53.8 Å². The first kappa shape index (κ1) is 24.0. The van der Waals surface area contributed by atoms with Crippen LogP contribution in [0.1, 0.15) is 25.7 Å². The third kappa shape index (κ3) is 6.07. The van der Waals surface area contributed by atoms with Crippen molar-refractivity contribution in [2.24, 2.45) is 5.92 Å². The van der Waals surface area contributed by atoms with Crippen molar-refractivity contribution in [3.8, 4) is 22.9 Å². The minimum atomic E-state index is -0.137. The second kappa shape index (κ2) is 11.4. The molecule has 0 aliphatic carbocycles. The predicted molar refractivity (Wildman–Crippen MR) is 129 cm³/mol. The molecular formula is C25H29ClN4O4. The Bertz CT molecular complexity index is 1110. The number of carbonyl (C=O) groups excluding carboxylic acids is 1. The number of methoxy groups -OCH3 is 1. The number of ether oxygens (including phenoxy) is 2. The standard InChI is InChI=1S/C25H29ClN4O4/c1-17(16-33-22-12-6-5-11-21(22)32-2)27-25(31)18-8-7-13-30(14-18)15-23-28-24(29-34-23)19-9-3-4-10-20(19)26/h3-6,9-12,17-18H,7-8,13-16H2,1-2H3,(H,27,31). The minimum absolute atomic E-state index is 0.0307. The van der Waals surface area contributed by atoms with E-state index in [2.05, 4.69) is 20.4 Å². The second-order valence-electron chi connectivity index (χ2n) is 8.44. The van der Waals surface area contributed by atoms with Crippen molar-refractivity contribution < 1.29 is 18.8 Å². The van der Waals surface area contributed by atoms with E-state index in [0.29, 0.717) is 47.9 Å². The molecule has 0 saturated carbocycles. The molecule has 2 aromatic carbocycles. The summed E-state index contributed by atoms with van der Waals surface area (Å²) in [6, 6.07) is 14.7. The van der Waals surface area contributed by atoms with Gasteiger partial charge in [0.2, 0.25) is 17.6 Å². The SMILES string of the molecule is COc1ccccc1OCC(C)NC(=O)C1CCCN(Cc2nc(-c3ccccc3Cl)no2)C1. The van der Waals surface area contributed by atoms with Gasteiger partial charge in [0.25, 0.3) is 0 Å². The van der Waals surface area contributed by atoms with E-state index in [1.807, 2.05) is 49.4 Å². The summed E-state index contributed by atoms with van der Waals surface area (Å²) in [6.07, 6.45) is 1.77. The Balaban J connectivity index is 1.28. The third-order valence-corrected chi connectivity index (χ3v) is 6.09. The molecule has 1 aromatic heterocycles. The summed E-state index contributed by atoms with van der Waals surface area (Å²) in [6.45, 7) is 4.29. The fraction of sp³-hybridized carbons (Fsp3) is 0.400. The third-order valence-electron chi connectivity index (χ3n) is 5.76. The van der Waals surface area contributed by atoms with Gasteiger partial charge in [-0.3, -0.25) is 9.69 Å². The monoisotopic (exact) mass is 484 g/mol. The lowest BCUT2D eigenvalue weighted by atomic mass is 9.97. The number of carbonyl (C=O) groups is 1.